The van der Waals surface area contributed by atoms with Gasteiger partial charge in [0.15, 0.2) is 5.82 Å². The second-order valence-electron chi connectivity index (χ2n) is 10.2. The SMILES string of the molecule is CNC1(C(N)=O)CCN(c2nc(NCc3ccc(Oc4cc(C)ccc4C)nc3)nc3c(C)nn(C)c23)CC1. The maximum absolute atomic E-state index is 12.1. The van der Waals surface area contributed by atoms with Crippen molar-refractivity contribution < 1.29 is 9.53 Å². The Labute approximate surface area is 227 Å². The Morgan fingerprint density at radius 2 is 1.90 bits per heavy atom. The second kappa shape index (κ2) is 10.5. The minimum atomic E-state index is -0.701. The summed E-state index contributed by atoms with van der Waals surface area (Å²) in [5.74, 6) is 2.31. The minimum absolute atomic E-state index is 0.324. The first-order chi connectivity index (χ1) is 18.7. The predicted molar refractivity (Wildman–Crippen MR) is 151 cm³/mol. The number of rotatable bonds is 8. The topological polar surface area (TPSA) is 136 Å². The van der Waals surface area contributed by atoms with E-state index in [0.717, 1.165) is 45.0 Å². The van der Waals surface area contributed by atoms with Crippen LogP contribution in [-0.4, -0.2) is 56.3 Å². The third-order valence-electron chi connectivity index (χ3n) is 7.51. The number of carbonyl (C=O) groups excluding carboxylic acids is 1. The number of nitrogens with two attached hydrogens (primary N) is 1. The number of amides is 1. The first-order valence-electron chi connectivity index (χ1n) is 13.1. The average Bonchev–Trinajstić information content (AvgIpc) is 3.22. The molecule has 204 valence electrons. The molecule has 1 fully saturated rings. The predicted octanol–water partition coefficient (Wildman–Crippen LogP) is 3.13. The number of piperidine rings is 1. The number of benzene rings is 1. The van der Waals surface area contributed by atoms with Crippen LogP contribution in [0.4, 0.5) is 11.8 Å². The number of hydrogen-bond acceptors (Lipinski definition) is 9. The van der Waals surface area contributed by atoms with Crippen molar-refractivity contribution in [2.75, 3.05) is 30.4 Å². The van der Waals surface area contributed by atoms with E-state index in [2.05, 4.69) is 31.7 Å². The summed E-state index contributed by atoms with van der Waals surface area (Å²) in [7, 11) is 3.68. The van der Waals surface area contributed by atoms with Gasteiger partial charge in [0.25, 0.3) is 0 Å². The standard InChI is InChI=1S/C28H35N9O2/c1-17-6-7-18(2)21(14-17)39-22-9-8-20(15-31-22)16-32-27-33-23-19(3)35-36(5)24(23)25(34-27)37-12-10-28(30-4,11-13-37)26(29)38/h6-9,14-15,30H,10-13,16H2,1-5H3,(H2,29,38)(H,32,33,34). The van der Waals surface area contributed by atoms with Gasteiger partial charge in [0.05, 0.1) is 5.69 Å². The first kappa shape index (κ1) is 26.4. The molecule has 0 unspecified atom stereocenters. The number of nitrogens with zero attached hydrogens (tertiary/aromatic N) is 6. The van der Waals surface area contributed by atoms with E-state index in [4.69, 9.17) is 20.4 Å². The zero-order chi connectivity index (χ0) is 27.7. The number of aryl methyl sites for hydroxylation is 4. The van der Waals surface area contributed by atoms with Crippen LogP contribution in [-0.2, 0) is 18.4 Å². The van der Waals surface area contributed by atoms with E-state index in [-0.39, 0.29) is 5.91 Å². The maximum Gasteiger partial charge on any atom is 0.237 e. The normalized spacial score (nSPS) is 14.9. The van der Waals surface area contributed by atoms with Gasteiger partial charge in [-0.2, -0.15) is 10.1 Å². The van der Waals surface area contributed by atoms with Gasteiger partial charge in [0, 0.05) is 38.9 Å². The summed E-state index contributed by atoms with van der Waals surface area (Å²) in [6.45, 7) is 7.74. The van der Waals surface area contributed by atoms with Gasteiger partial charge in [0.2, 0.25) is 17.7 Å². The van der Waals surface area contributed by atoms with Crippen molar-refractivity contribution in [2.24, 2.45) is 12.8 Å². The van der Waals surface area contributed by atoms with Crippen molar-refractivity contribution in [2.45, 2.75) is 45.7 Å². The van der Waals surface area contributed by atoms with E-state index in [1.54, 1.807) is 13.2 Å². The Morgan fingerprint density at radius 1 is 1.13 bits per heavy atom. The van der Waals surface area contributed by atoms with E-state index in [9.17, 15) is 4.79 Å². The molecule has 0 atom stereocenters. The molecule has 1 aromatic carbocycles. The molecule has 4 aromatic rings. The molecule has 0 aliphatic carbocycles. The van der Waals surface area contributed by atoms with Crippen molar-refractivity contribution in [1.29, 1.82) is 0 Å². The van der Waals surface area contributed by atoms with Crippen LogP contribution in [0.1, 0.15) is 35.2 Å². The van der Waals surface area contributed by atoms with Crippen LogP contribution in [0.2, 0.25) is 0 Å². The van der Waals surface area contributed by atoms with Gasteiger partial charge in [-0.25, -0.2) is 9.97 Å². The molecule has 0 spiro atoms. The summed E-state index contributed by atoms with van der Waals surface area (Å²) in [6, 6.07) is 9.94. The minimum Gasteiger partial charge on any atom is -0.439 e. The van der Waals surface area contributed by atoms with Gasteiger partial charge in [-0.1, -0.05) is 18.2 Å². The molecule has 4 heterocycles. The quantitative estimate of drug-likeness (QED) is 0.314. The Hall–Kier alpha value is -4.25. The van der Waals surface area contributed by atoms with Gasteiger partial charge in [-0.05, 0) is 63.4 Å². The van der Waals surface area contributed by atoms with Gasteiger partial charge in [-0.3, -0.25) is 9.48 Å². The van der Waals surface area contributed by atoms with Crippen LogP contribution < -0.4 is 26.0 Å². The summed E-state index contributed by atoms with van der Waals surface area (Å²) in [4.78, 5) is 28.4. The molecule has 0 radical (unpaired) electrons. The fourth-order valence-electron chi connectivity index (χ4n) is 5.02. The molecule has 1 aliphatic rings. The number of carbonyl (C=O) groups is 1. The molecule has 4 N–H and O–H groups in total. The third-order valence-corrected chi connectivity index (χ3v) is 7.51. The Morgan fingerprint density at radius 3 is 2.56 bits per heavy atom. The lowest BCUT2D eigenvalue weighted by Gasteiger charge is -2.40. The summed E-state index contributed by atoms with van der Waals surface area (Å²) >= 11 is 0. The highest BCUT2D eigenvalue weighted by Crippen LogP contribution is 2.32. The summed E-state index contributed by atoms with van der Waals surface area (Å²) in [5, 5.41) is 11.1. The number of hydrogen-bond donors (Lipinski definition) is 3. The monoisotopic (exact) mass is 529 g/mol. The molecule has 0 bridgehead atoms. The van der Waals surface area contributed by atoms with Crippen LogP contribution in [0.15, 0.2) is 36.5 Å². The van der Waals surface area contributed by atoms with E-state index in [1.165, 1.54) is 0 Å². The molecule has 0 saturated carbocycles. The number of ether oxygens (including phenoxy) is 1. The lowest BCUT2D eigenvalue weighted by Crippen LogP contribution is -2.59. The number of anilines is 2. The fraction of sp³-hybridized carbons (Fsp3) is 0.393. The lowest BCUT2D eigenvalue weighted by molar-refractivity contribution is -0.125. The number of likely N-dealkylation sites (N-methyl/N-ethyl adjacent to an activating group) is 1. The zero-order valence-electron chi connectivity index (χ0n) is 23.1. The molecule has 11 nitrogen and oxygen atoms in total. The van der Waals surface area contributed by atoms with Crippen LogP contribution in [0.25, 0.3) is 11.0 Å². The Bertz CT molecular complexity index is 1510. The van der Waals surface area contributed by atoms with E-state index in [1.807, 2.05) is 56.8 Å². The number of fused-ring (bicyclic) bond motifs is 1. The van der Waals surface area contributed by atoms with Crippen LogP contribution in [0.5, 0.6) is 11.6 Å². The molecule has 5 rings (SSSR count). The summed E-state index contributed by atoms with van der Waals surface area (Å²) < 4.78 is 7.80. The Kier molecular flexibility index (Phi) is 7.09. The second-order valence-corrected chi connectivity index (χ2v) is 10.2. The largest absolute Gasteiger partial charge is 0.439 e. The summed E-state index contributed by atoms with van der Waals surface area (Å²) in [5.41, 5.74) is 10.7. The smallest absolute Gasteiger partial charge is 0.237 e. The van der Waals surface area contributed by atoms with Crippen molar-refractivity contribution in [3.63, 3.8) is 0 Å². The maximum atomic E-state index is 12.1. The average molecular weight is 530 g/mol. The van der Waals surface area contributed by atoms with E-state index in [0.29, 0.717) is 44.3 Å². The van der Waals surface area contributed by atoms with Crippen LogP contribution in [0, 0.1) is 20.8 Å². The highest BCUT2D eigenvalue weighted by molar-refractivity contribution is 5.90. The number of pyridine rings is 1. The molecule has 1 saturated heterocycles. The van der Waals surface area contributed by atoms with Crippen molar-refractivity contribution in [1.82, 2.24) is 30.0 Å². The highest BCUT2D eigenvalue weighted by atomic mass is 16.5. The number of primary amides is 1. The van der Waals surface area contributed by atoms with E-state index < -0.39 is 5.54 Å². The highest BCUT2D eigenvalue weighted by Gasteiger charge is 2.39. The molecule has 39 heavy (non-hydrogen) atoms. The Balaban J connectivity index is 1.34. The van der Waals surface area contributed by atoms with Crippen molar-refractivity contribution in [3.8, 4) is 11.6 Å². The number of aromatic nitrogens is 5. The van der Waals surface area contributed by atoms with Crippen molar-refractivity contribution in [3.05, 3.63) is 58.9 Å². The molecular weight excluding hydrogens is 494 g/mol. The zero-order valence-corrected chi connectivity index (χ0v) is 23.1. The van der Waals surface area contributed by atoms with Crippen LogP contribution in [0.3, 0.4) is 0 Å². The molecule has 11 heteroatoms. The van der Waals surface area contributed by atoms with Gasteiger partial charge < -0.3 is 26.0 Å². The molecule has 3 aromatic heterocycles. The first-order valence-corrected chi connectivity index (χ1v) is 13.1. The van der Waals surface area contributed by atoms with Crippen LogP contribution >= 0.6 is 0 Å². The van der Waals surface area contributed by atoms with Crippen molar-refractivity contribution >= 4 is 28.7 Å². The third kappa shape index (κ3) is 5.22. The van der Waals surface area contributed by atoms with E-state index >= 15 is 0 Å². The van der Waals surface area contributed by atoms with Gasteiger partial charge >= 0.3 is 0 Å². The van der Waals surface area contributed by atoms with Gasteiger partial charge in [-0.15, -0.1) is 0 Å². The number of nitrogens with one attached hydrogen (secondary N) is 2. The summed E-state index contributed by atoms with van der Waals surface area (Å²) in [6.07, 6.45) is 2.96. The van der Waals surface area contributed by atoms with Gasteiger partial charge in [0.1, 0.15) is 22.3 Å². The molecule has 1 amide bonds. The lowest BCUT2D eigenvalue weighted by atomic mass is 9.87. The molecule has 1 aliphatic heterocycles. The molecular formula is C28H35N9O2. The fourth-order valence-corrected chi connectivity index (χ4v) is 5.02.